The highest BCUT2D eigenvalue weighted by atomic mass is 35.5. The second-order valence-corrected chi connectivity index (χ2v) is 9.28. The van der Waals surface area contributed by atoms with Crippen LogP contribution in [0, 0.1) is 0 Å². The molecule has 7 nitrogen and oxygen atoms in total. The van der Waals surface area contributed by atoms with E-state index in [1.807, 2.05) is 29.2 Å². The van der Waals surface area contributed by atoms with Gasteiger partial charge in [-0.3, -0.25) is 14.4 Å². The summed E-state index contributed by atoms with van der Waals surface area (Å²) in [6.07, 6.45) is 3.22. The molecule has 36 heavy (non-hydrogen) atoms. The van der Waals surface area contributed by atoms with E-state index in [0.29, 0.717) is 32.7 Å². The van der Waals surface area contributed by atoms with Crippen molar-refractivity contribution in [3.63, 3.8) is 0 Å². The smallest absolute Gasteiger partial charge is 0.275 e. The van der Waals surface area contributed by atoms with E-state index >= 15 is 0 Å². The van der Waals surface area contributed by atoms with Crippen molar-refractivity contribution < 1.29 is 9.59 Å². The Morgan fingerprint density at radius 2 is 1.53 bits per heavy atom. The summed E-state index contributed by atoms with van der Waals surface area (Å²) in [7, 11) is 0. The van der Waals surface area contributed by atoms with Crippen molar-refractivity contribution in [1.82, 2.24) is 14.7 Å². The number of benzene rings is 3. The molecule has 182 valence electrons. The molecule has 1 fully saturated rings. The van der Waals surface area contributed by atoms with Gasteiger partial charge in [0.15, 0.2) is 0 Å². The Morgan fingerprint density at radius 3 is 2.22 bits per heavy atom. The number of halogens is 1. The number of likely N-dealkylation sites (tertiary alicyclic amines) is 1. The molecule has 1 aliphatic rings. The maximum atomic E-state index is 13.1. The molecule has 3 aromatic carbocycles. The van der Waals surface area contributed by atoms with Gasteiger partial charge < -0.3 is 10.2 Å². The number of piperidine rings is 1. The van der Waals surface area contributed by atoms with Crippen LogP contribution in [-0.4, -0.2) is 39.6 Å². The lowest BCUT2D eigenvalue weighted by Gasteiger charge is -2.26. The van der Waals surface area contributed by atoms with Crippen molar-refractivity contribution in [2.75, 3.05) is 18.4 Å². The highest BCUT2D eigenvalue weighted by Crippen LogP contribution is 2.26. The van der Waals surface area contributed by atoms with Crippen molar-refractivity contribution in [3.05, 3.63) is 93.7 Å². The Balaban J connectivity index is 1.36. The highest BCUT2D eigenvalue weighted by Gasteiger charge is 2.18. The van der Waals surface area contributed by atoms with Crippen LogP contribution in [0.1, 0.15) is 29.6 Å². The molecule has 1 aromatic heterocycles. The maximum Gasteiger partial charge on any atom is 0.275 e. The Kier molecular flexibility index (Phi) is 6.82. The van der Waals surface area contributed by atoms with Crippen molar-refractivity contribution in [1.29, 1.82) is 0 Å². The van der Waals surface area contributed by atoms with Crippen molar-refractivity contribution in [3.8, 4) is 11.3 Å². The van der Waals surface area contributed by atoms with E-state index in [2.05, 4.69) is 10.4 Å². The molecule has 1 N–H and O–H groups in total. The third-order valence-electron chi connectivity index (χ3n) is 6.34. The lowest BCUT2D eigenvalue weighted by molar-refractivity contribution is -0.117. The predicted octanol–water partition coefficient (Wildman–Crippen LogP) is 4.98. The van der Waals surface area contributed by atoms with Crippen LogP contribution in [0.25, 0.3) is 22.0 Å². The quantitative estimate of drug-likeness (QED) is 0.419. The Labute approximate surface area is 213 Å². The van der Waals surface area contributed by atoms with E-state index in [9.17, 15) is 14.4 Å². The largest absolute Gasteiger partial charge is 0.339 e. The van der Waals surface area contributed by atoms with Gasteiger partial charge in [-0.15, -0.1) is 0 Å². The number of hydrogen-bond acceptors (Lipinski definition) is 4. The number of amides is 2. The monoisotopic (exact) mass is 500 g/mol. The summed E-state index contributed by atoms with van der Waals surface area (Å²) < 4.78 is 1.18. The number of aromatic nitrogens is 2. The van der Waals surface area contributed by atoms with E-state index in [0.717, 1.165) is 37.9 Å². The molecule has 4 aromatic rings. The number of rotatable bonds is 5. The number of nitrogens with one attached hydrogen (secondary N) is 1. The maximum absolute atomic E-state index is 13.1. The van der Waals surface area contributed by atoms with E-state index in [1.165, 1.54) is 4.68 Å². The fraction of sp³-hybridized carbons (Fsp3) is 0.214. The Hall–Kier alpha value is -3.97. The average Bonchev–Trinajstić information content (AvgIpc) is 2.91. The van der Waals surface area contributed by atoms with Crippen molar-refractivity contribution in [2.45, 2.75) is 25.8 Å². The molecule has 0 unspecified atom stereocenters. The predicted molar refractivity (Wildman–Crippen MR) is 141 cm³/mol. The van der Waals surface area contributed by atoms with E-state index in [-0.39, 0.29) is 18.0 Å². The number of anilines is 1. The van der Waals surface area contributed by atoms with Crippen LogP contribution >= 0.6 is 11.6 Å². The fourth-order valence-electron chi connectivity index (χ4n) is 4.48. The minimum Gasteiger partial charge on any atom is -0.339 e. The first-order chi connectivity index (χ1) is 17.5. The molecule has 1 saturated heterocycles. The second-order valence-electron chi connectivity index (χ2n) is 8.84. The summed E-state index contributed by atoms with van der Waals surface area (Å²) >= 11 is 6.04. The lowest BCUT2D eigenvalue weighted by atomic mass is 10.1. The van der Waals surface area contributed by atoms with Crippen molar-refractivity contribution in [2.24, 2.45) is 0 Å². The molecule has 0 atom stereocenters. The summed E-state index contributed by atoms with van der Waals surface area (Å²) in [5.41, 5.74) is 2.17. The van der Waals surface area contributed by atoms with E-state index < -0.39 is 5.91 Å². The van der Waals surface area contributed by atoms with Gasteiger partial charge in [0.05, 0.1) is 11.1 Å². The molecular weight excluding hydrogens is 476 g/mol. The first-order valence-corrected chi connectivity index (χ1v) is 12.3. The number of nitrogens with zero attached hydrogens (tertiary/aromatic N) is 3. The van der Waals surface area contributed by atoms with Crippen LogP contribution in [0.4, 0.5) is 5.69 Å². The second kappa shape index (κ2) is 10.3. The molecule has 8 heteroatoms. The molecule has 0 radical (unpaired) electrons. The number of fused-ring (bicyclic) bond motifs is 1. The minimum absolute atomic E-state index is 0.00854. The van der Waals surface area contributed by atoms with Crippen LogP contribution in [0.3, 0.4) is 0 Å². The van der Waals surface area contributed by atoms with Gasteiger partial charge in [-0.1, -0.05) is 41.9 Å². The van der Waals surface area contributed by atoms with Gasteiger partial charge in [0.2, 0.25) is 5.91 Å². The van der Waals surface area contributed by atoms with Crippen LogP contribution in [-0.2, 0) is 11.3 Å². The number of hydrogen-bond donors (Lipinski definition) is 1. The topological polar surface area (TPSA) is 84.3 Å². The standard InChI is InChI=1S/C28H25ClN4O3/c29-21-12-8-19(9-13-21)26-23-6-2-3-7-24(23)28(36)33(31-26)18-25(34)30-22-14-10-20(11-15-22)27(35)32-16-4-1-5-17-32/h2-3,6-15H,1,4-5,16-18H2,(H,30,34). The van der Waals surface area contributed by atoms with E-state index in [1.54, 1.807) is 48.5 Å². The molecule has 0 saturated carbocycles. The van der Waals surface area contributed by atoms with Gasteiger partial charge in [-0.05, 0) is 61.7 Å². The van der Waals surface area contributed by atoms with E-state index in [4.69, 9.17) is 11.6 Å². The molecule has 0 bridgehead atoms. The van der Waals surface area contributed by atoms with Gasteiger partial charge in [0, 0.05) is 40.3 Å². The zero-order chi connectivity index (χ0) is 25.1. The summed E-state index contributed by atoms with van der Waals surface area (Å²) in [6, 6.07) is 21.2. The lowest BCUT2D eigenvalue weighted by Crippen LogP contribution is -2.35. The summed E-state index contributed by atoms with van der Waals surface area (Å²) in [5.74, 6) is -0.383. The minimum atomic E-state index is -0.392. The van der Waals surface area contributed by atoms with Crippen LogP contribution in [0.2, 0.25) is 5.02 Å². The summed E-state index contributed by atoms with van der Waals surface area (Å²) in [6.45, 7) is 1.31. The summed E-state index contributed by atoms with van der Waals surface area (Å²) in [4.78, 5) is 40.4. The highest BCUT2D eigenvalue weighted by molar-refractivity contribution is 6.30. The number of carbonyl (C=O) groups is 2. The van der Waals surface area contributed by atoms with Gasteiger partial charge >= 0.3 is 0 Å². The van der Waals surface area contributed by atoms with Crippen LogP contribution in [0.15, 0.2) is 77.6 Å². The van der Waals surface area contributed by atoms with Crippen LogP contribution in [0.5, 0.6) is 0 Å². The Morgan fingerprint density at radius 1 is 0.861 bits per heavy atom. The molecule has 2 heterocycles. The van der Waals surface area contributed by atoms with Gasteiger partial charge in [-0.25, -0.2) is 4.68 Å². The van der Waals surface area contributed by atoms with Gasteiger partial charge in [0.1, 0.15) is 6.54 Å². The molecule has 1 aliphatic heterocycles. The first-order valence-electron chi connectivity index (χ1n) is 11.9. The summed E-state index contributed by atoms with van der Waals surface area (Å²) in [5, 5.41) is 9.10. The zero-order valence-corrected chi connectivity index (χ0v) is 20.4. The first kappa shape index (κ1) is 23.8. The molecule has 0 aliphatic carbocycles. The Bertz CT molecular complexity index is 1470. The SMILES string of the molecule is O=C(Cn1nc(-c2ccc(Cl)cc2)c2ccccc2c1=O)Nc1ccc(C(=O)N2CCCCC2)cc1. The van der Waals surface area contributed by atoms with Gasteiger partial charge in [0.25, 0.3) is 11.5 Å². The van der Waals surface area contributed by atoms with Gasteiger partial charge in [-0.2, -0.15) is 5.10 Å². The third-order valence-corrected chi connectivity index (χ3v) is 6.59. The molecule has 0 spiro atoms. The van der Waals surface area contributed by atoms with Crippen LogP contribution < -0.4 is 10.9 Å². The average molecular weight is 501 g/mol. The number of carbonyl (C=O) groups excluding carboxylic acids is 2. The fourth-order valence-corrected chi connectivity index (χ4v) is 4.60. The molecule has 5 rings (SSSR count). The molecular formula is C28H25ClN4O3. The zero-order valence-electron chi connectivity index (χ0n) is 19.6. The third kappa shape index (κ3) is 5.02. The molecule has 2 amide bonds. The normalized spacial score (nSPS) is 13.5. The van der Waals surface area contributed by atoms with Crippen molar-refractivity contribution >= 4 is 39.9 Å².